The highest BCUT2D eigenvalue weighted by molar-refractivity contribution is 6.35. The number of amides is 3. The van der Waals surface area contributed by atoms with Crippen molar-refractivity contribution in [3.8, 4) is 23.0 Å². The lowest BCUT2D eigenvalue weighted by molar-refractivity contribution is -0.156. The molecule has 12 aliphatic rings. The first-order valence-electron chi connectivity index (χ1n) is 46.0. The second-order valence-corrected chi connectivity index (χ2v) is 35.2. The average molecular weight is 1840 g/mol. The van der Waals surface area contributed by atoms with E-state index in [0.717, 1.165) is 70.8 Å². The number of likely N-dealkylation sites (N-methyl/N-ethyl adjacent to an activating group) is 2. The van der Waals surface area contributed by atoms with Crippen LogP contribution in [0.5, 0.6) is 23.0 Å². The summed E-state index contributed by atoms with van der Waals surface area (Å²) < 4.78 is 51.2. The van der Waals surface area contributed by atoms with Gasteiger partial charge in [-0.3, -0.25) is 56.7 Å². The number of rotatable bonds is 23. The molecule has 34 nitrogen and oxygen atoms in total. The summed E-state index contributed by atoms with van der Waals surface area (Å²) in [6.45, 7) is 15.3. The van der Waals surface area contributed by atoms with Crippen LogP contribution < -0.4 is 52.8 Å². The van der Waals surface area contributed by atoms with Crippen molar-refractivity contribution >= 4 is 53.5 Å². The van der Waals surface area contributed by atoms with E-state index in [4.69, 9.17) is 39.1 Å². The Labute approximate surface area is 772 Å². The monoisotopic (exact) mass is 1840 g/mol. The SMILES string of the molecule is CCN(C(=O)C(=O)N(C)C)C12CCC(CC1)Cn1c2nc(C(=O)NCc2ccc(F)cc2)c(O)c1=O.CCNC12CCC(CC1)Cn1c2nc(C(=O)OCC)c(OC(=O)c2ccccc2)c1=O.CCOC(=O)c1nc2n(c(=O)c1OC(=O)c1ccccc1)CC1CCC2(N(CC)Cc2ccccc2)CC1.CCOC(=O)c1nc2n(c(=O)c1OC(=O)c1ccccc1)CC1CCC2(N)CC1. The minimum absolute atomic E-state index is 0.0305. The zero-order valence-electron chi connectivity index (χ0n) is 76.5. The maximum atomic E-state index is 14.0. The van der Waals surface area contributed by atoms with Crippen LogP contribution in [-0.2, 0) is 85.2 Å². The lowest BCUT2D eigenvalue weighted by Crippen LogP contribution is -2.56. The van der Waals surface area contributed by atoms with Crippen molar-refractivity contribution in [2.45, 2.75) is 206 Å². The summed E-state index contributed by atoms with van der Waals surface area (Å²) >= 11 is 0. The summed E-state index contributed by atoms with van der Waals surface area (Å²) in [6.07, 6.45) is 12.7. The van der Waals surface area contributed by atoms with Gasteiger partial charge in [0.25, 0.3) is 28.1 Å². The molecule has 8 bridgehead atoms. The first-order valence-corrected chi connectivity index (χ1v) is 46.0. The van der Waals surface area contributed by atoms with Crippen LogP contribution in [-0.4, -0.2) is 165 Å². The standard InChI is InChI=1S/C30H33N3O5.C25H30FN5O5.C23H27N3O5.C21H23N3O5/c1-3-32(19-21-11-7-5-8-12-21)30-17-15-22(16-18-30)20-33-26(34)25(24(31-29(30)33)28(36)37-4-2)38-27(35)23-13-9-6-10-14-23;1-4-31(23(36)22(35)29(2)3)25-11-9-16(10-12-25)14-30-21(34)19(32)18(28-24(25)30)20(33)27-13-15-5-7-17(26)8-6-15;1-3-24-23-12-10-15(11-13-23)14-26-19(27)18(17(25-22(23)26)21(29)30-4-2)31-20(28)16-8-6-5-7-9-16;1-2-28-19(27)15-16(29-18(26)14-6-4-3-5-7-14)17(25)24-12-13-8-10-21(22,11-9-13)20(24)23-15/h5-14,22H,3-4,15-20H2,1-2H3;5-8,16,32H,4,9-14H2,1-3H3,(H,27,33);5-9,15,24H,3-4,10-14H2,1-2H3;3-7,13H,2,8-12,22H2,1H3. The van der Waals surface area contributed by atoms with Crippen LogP contribution in [0, 0.1) is 29.5 Å². The molecule has 0 atom stereocenters. The van der Waals surface area contributed by atoms with Crippen molar-refractivity contribution in [1.82, 2.24) is 63.5 Å². The van der Waals surface area contributed by atoms with Crippen LogP contribution in [0.25, 0.3) is 0 Å². The Hall–Kier alpha value is -13.5. The third-order valence-electron chi connectivity index (χ3n) is 26.8. The highest BCUT2D eigenvalue weighted by atomic mass is 19.1. The summed E-state index contributed by atoms with van der Waals surface area (Å²) in [6, 6.07) is 40.7. The van der Waals surface area contributed by atoms with Gasteiger partial charge in [0.2, 0.25) is 23.0 Å². The lowest BCUT2D eigenvalue weighted by atomic mass is 9.76. The molecule has 3 amide bonds. The number of benzene rings is 5. The highest BCUT2D eigenvalue weighted by Gasteiger charge is 2.54. The molecule has 0 spiro atoms. The molecule has 4 aliphatic carbocycles. The molecule has 134 heavy (non-hydrogen) atoms. The van der Waals surface area contributed by atoms with E-state index in [9.17, 15) is 71.8 Å². The minimum Gasteiger partial charge on any atom is -0.501 e. The molecule has 21 rings (SSSR count). The molecule has 4 saturated carbocycles. The molecule has 0 saturated heterocycles. The van der Waals surface area contributed by atoms with Crippen molar-refractivity contribution in [3.63, 3.8) is 0 Å². The van der Waals surface area contributed by atoms with Crippen molar-refractivity contribution in [2.24, 2.45) is 29.4 Å². The fraction of sp³-hybridized carbons (Fsp3) is 0.444. The number of ether oxygens (including phenoxy) is 6. The van der Waals surface area contributed by atoms with Gasteiger partial charge in [0.15, 0.2) is 22.8 Å². The molecule has 35 heteroatoms. The molecule has 0 unspecified atom stereocenters. The van der Waals surface area contributed by atoms with Crippen molar-refractivity contribution in [2.75, 3.05) is 53.6 Å². The lowest BCUT2D eigenvalue weighted by Gasteiger charge is -2.45. The number of esters is 6. The number of fused-ring (bicyclic) bond motifs is 8. The molecule has 4 aromatic heterocycles. The van der Waals surface area contributed by atoms with Gasteiger partial charge < -0.3 is 59.7 Å². The third-order valence-corrected chi connectivity index (χ3v) is 26.8. The maximum absolute atomic E-state index is 14.0. The van der Waals surface area contributed by atoms with Crippen LogP contribution in [0.1, 0.15) is 252 Å². The molecule has 5 N–H and O–H groups in total. The number of hydrogen-bond donors (Lipinski definition) is 4. The summed E-state index contributed by atoms with van der Waals surface area (Å²) in [5.41, 5.74) is 2.72. The molecule has 12 heterocycles. The van der Waals surface area contributed by atoms with Crippen molar-refractivity contribution in [3.05, 3.63) is 267 Å². The molecule has 706 valence electrons. The van der Waals surface area contributed by atoms with E-state index in [-0.39, 0.29) is 89.9 Å². The van der Waals surface area contributed by atoms with Crippen LogP contribution in [0.3, 0.4) is 0 Å². The summed E-state index contributed by atoms with van der Waals surface area (Å²) in [5.74, 6) is -6.29. The Morgan fingerprint density at radius 2 is 0.799 bits per heavy atom. The topological polar surface area (TPSA) is 429 Å². The predicted octanol–water partition coefficient (Wildman–Crippen LogP) is 10.6. The normalized spacial score (nSPS) is 21.0. The Morgan fingerprint density at radius 1 is 0.433 bits per heavy atom. The molecular weight excluding hydrogens is 1720 g/mol. The average Bonchev–Trinajstić information content (AvgIpc) is 1.51. The predicted molar refractivity (Wildman–Crippen MR) is 486 cm³/mol. The van der Waals surface area contributed by atoms with Crippen LogP contribution in [0.15, 0.2) is 165 Å². The fourth-order valence-electron chi connectivity index (χ4n) is 19.9. The molecule has 4 fully saturated rings. The van der Waals surface area contributed by atoms with E-state index in [1.807, 2.05) is 25.1 Å². The highest BCUT2D eigenvalue weighted by Crippen LogP contribution is 2.50. The van der Waals surface area contributed by atoms with Crippen molar-refractivity contribution < 1.29 is 81.1 Å². The number of nitrogens with zero attached hydrogens (tertiary/aromatic N) is 11. The Morgan fingerprint density at radius 3 is 1.21 bits per heavy atom. The van der Waals surface area contributed by atoms with E-state index >= 15 is 0 Å². The third kappa shape index (κ3) is 19.9. The van der Waals surface area contributed by atoms with E-state index in [0.29, 0.717) is 119 Å². The number of nitrogens with one attached hydrogen (secondary N) is 2. The number of nitrogens with two attached hydrogens (primary N) is 1. The van der Waals surface area contributed by atoms with Crippen LogP contribution in [0.4, 0.5) is 4.39 Å². The van der Waals surface area contributed by atoms with E-state index in [1.54, 1.807) is 128 Å². The van der Waals surface area contributed by atoms with Gasteiger partial charge in [-0.2, -0.15) is 0 Å². The van der Waals surface area contributed by atoms with Gasteiger partial charge in [-0.25, -0.2) is 53.1 Å². The van der Waals surface area contributed by atoms with E-state index < -0.39 is 121 Å². The van der Waals surface area contributed by atoms with Gasteiger partial charge in [-0.05, 0) is 227 Å². The summed E-state index contributed by atoms with van der Waals surface area (Å²) in [4.78, 5) is 193. The summed E-state index contributed by atoms with van der Waals surface area (Å²) in [7, 11) is 2.99. The van der Waals surface area contributed by atoms with E-state index in [2.05, 4.69) is 49.5 Å². The molecule has 5 aromatic carbocycles. The van der Waals surface area contributed by atoms with Crippen LogP contribution >= 0.6 is 0 Å². The van der Waals surface area contributed by atoms with Gasteiger partial charge in [-0.1, -0.05) is 111 Å². The van der Waals surface area contributed by atoms with Gasteiger partial charge >= 0.3 is 47.6 Å². The second kappa shape index (κ2) is 41.7. The fourth-order valence-corrected chi connectivity index (χ4v) is 19.9. The molecular formula is C99H113FN14O20. The quantitative estimate of drug-likeness (QED) is 0.0262. The number of hydrogen-bond acceptors (Lipinski definition) is 27. The van der Waals surface area contributed by atoms with Gasteiger partial charge in [-0.15, -0.1) is 0 Å². The van der Waals surface area contributed by atoms with Crippen molar-refractivity contribution in [1.29, 1.82) is 0 Å². The largest absolute Gasteiger partial charge is 0.501 e. The van der Waals surface area contributed by atoms with Gasteiger partial charge in [0, 0.05) is 59.9 Å². The van der Waals surface area contributed by atoms with Gasteiger partial charge in [0.05, 0.1) is 53.1 Å². The zero-order chi connectivity index (χ0) is 95.5. The Bertz CT molecular complexity index is 6140. The zero-order valence-corrected chi connectivity index (χ0v) is 76.5. The first kappa shape index (κ1) is 96.5. The second-order valence-electron chi connectivity index (χ2n) is 35.2. The van der Waals surface area contributed by atoms with Crippen LogP contribution in [0.2, 0.25) is 0 Å². The summed E-state index contributed by atoms with van der Waals surface area (Å²) in [5, 5.41) is 16.8. The minimum atomic E-state index is -1.07. The van der Waals surface area contributed by atoms with E-state index in [1.165, 1.54) is 62.9 Å². The Kier molecular flexibility index (Phi) is 30.0. The first-order chi connectivity index (χ1) is 64.5. The van der Waals surface area contributed by atoms with Gasteiger partial charge in [0.1, 0.15) is 34.7 Å². The maximum Gasteiger partial charge on any atom is 0.361 e. The molecule has 9 aromatic rings. The number of carbonyl (C=O) groups is 9. The Balaban J connectivity index is 0.000000144. The molecule has 8 aliphatic heterocycles. The number of aromatic nitrogens is 8. The number of halogens is 1. The smallest absolute Gasteiger partial charge is 0.361 e. The number of carbonyl (C=O) groups excluding carboxylic acids is 9. The molecule has 0 radical (unpaired) electrons. The number of aromatic hydroxyl groups is 1.